The van der Waals surface area contributed by atoms with Crippen molar-refractivity contribution >= 4 is 11.9 Å². The third-order valence-corrected chi connectivity index (χ3v) is 3.64. The monoisotopic (exact) mass is 300 g/mol. The first-order chi connectivity index (χ1) is 10.6. The zero-order valence-electron chi connectivity index (χ0n) is 12.9. The molecule has 1 amide bonds. The Kier molecular flexibility index (Phi) is 4.04. The fourth-order valence-electron chi connectivity index (χ4n) is 2.63. The van der Waals surface area contributed by atoms with Gasteiger partial charge in [-0.3, -0.25) is 4.79 Å². The topological polar surface area (TPSA) is 67.2 Å². The SMILES string of the molecule is CC(C)CN1CCN(c2nnnn2-c2ccccc2)CC1=O. The molecular weight excluding hydrogens is 280 g/mol. The average Bonchev–Trinajstić information content (AvgIpc) is 2.99. The molecular formula is C15H20N6O. The van der Waals surface area contributed by atoms with E-state index in [1.165, 1.54) is 0 Å². The molecule has 1 aromatic carbocycles. The molecule has 3 rings (SSSR count). The third kappa shape index (κ3) is 2.93. The number of amides is 1. The highest BCUT2D eigenvalue weighted by molar-refractivity contribution is 5.82. The minimum Gasteiger partial charge on any atom is -0.339 e. The summed E-state index contributed by atoms with van der Waals surface area (Å²) in [5.74, 6) is 1.22. The fourth-order valence-corrected chi connectivity index (χ4v) is 2.63. The lowest BCUT2D eigenvalue weighted by molar-refractivity contribution is -0.131. The molecule has 1 saturated heterocycles. The molecule has 0 unspecified atom stereocenters. The van der Waals surface area contributed by atoms with Crippen LogP contribution in [-0.2, 0) is 4.79 Å². The molecule has 7 heteroatoms. The van der Waals surface area contributed by atoms with Crippen molar-refractivity contribution in [3.8, 4) is 5.69 Å². The highest BCUT2D eigenvalue weighted by Crippen LogP contribution is 2.17. The summed E-state index contributed by atoms with van der Waals surface area (Å²) in [7, 11) is 0. The summed E-state index contributed by atoms with van der Waals surface area (Å²) in [5.41, 5.74) is 0.888. The number of hydrogen-bond acceptors (Lipinski definition) is 5. The first-order valence-corrected chi connectivity index (χ1v) is 7.51. The normalized spacial score (nSPS) is 15.7. The Morgan fingerprint density at radius 1 is 1.18 bits per heavy atom. The van der Waals surface area contributed by atoms with Crippen LogP contribution in [-0.4, -0.2) is 57.2 Å². The van der Waals surface area contributed by atoms with Gasteiger partial charge >= 0.3 is 0 Å². The van der Waals surface area contributed by atoms with Crippen molar-refractivity contribution in [2.75, 3.05) is 31.1 Å². The Morgan fingerprint density at radius 2 is 1.95 bits per heavy atom. The third-order valence-electron chi connectivity index (χ3n) is 3.64. The van der Waals surface area contributed by atoms with E-state index in [-0.39, 0.29) is 5.91 Å². The molecule has 0 spiro atoms. The molecule has 0 saturated carbocycles. The van der Waals surface area contributed by atoms with Gasteiger partial charge < -0.3 is 9.80 Å². The van der Waals surface area contributed by atoms with Gasteiger partial charge in [0.15, 0.2) is 0 Å². The molecule has 7 nitrogen and oxygen atoms in total. The maximum absolute atomic E-state index is 12.3. The molecule has 0 N–H and O–H groups in total. The quantitative estimate of drug-likeness (QED) is 0.841. The summed E-state index contributed by atoms with van der Waals surface area (Å²) >= 11 is 0. The molecule has 0 atom stereocenters. The van der Waals surface area contributed by atoms with Crippen LogP contribution in [0.25, 0.3) is 5.69 Å². The van der Waals surface area contributed by atoms with E-state index in [9.17, 15) is 4.79 Å². The zero-order chi connectivity index (χ0) is 15.5. The predicted octanol–water partition coefficient (Wildman–Crippen LogP) is 0.967. The van der Waals surface area contributed by atoms with E-state index < -0.39 is 0 Å². The van der Waals surface area contributed by atoms with Gasteiger partial charge in [-0.25, -0.2) is 0 Å². The number of carbonyl (C=O) groups is 1. The Hall–Kier alpha value is -2.44. The van der Waals surface area contributed by atoms with Gasteiger partial charge in [-0.15, -0.1) is 0 Å². The molecule has 1 aliphatic rings. The summed E-state index contributed by atoms with van der Waals surface area (Å²) < 4.78 is 1.67. The number of carbonyl (C=O) groups excluding carboxylic acids is 1. The standard InChI is InChI=1S/C15H20N6O/c1-12(2)10-19-8-9-20(11-14(19)22)15-16-17-18-21(15)13-6-4-3-5-7-13/h3-7,12H,8-11H2,1-2H3. The van der Waals surface area contributed by atoms with E-state index >= 15 is 0 Å². The van der Waals surface area contributed by atoms with Crippen molar-refractivity contribution in [1.82, 2.24) is 25.1 Å². The molecule has 0 bridgehead atoms. The van der Waals surface area contributed by atoms with Gasteiger partial charge in [0.25, 0.3) is 5.95 Å². The molecule has 2 aromatic rings. The van der Waals surface area contributed by atoms with Crippen molar-refractivity contribution in [3.05, 3.63) is 30.3 Å². The van der Waals surface area contributed by atoms with Crippen LogP contribution in [0.4, 0.5) is 5.95 Å². The maximum atomic E-state index is 12.3. The van der Waals surface area contributed by atoms with Crippen LogP contribution >= 0.6 is 0 Å². The van der Waals surface area contributed by atoms with E-state index in [2.05, 4.69) is 29.4 Å². The Labute approximate surface area is 129 Å². The van der Waals surface area contributed by atoms with Crippen LogP contribution in [0.2, 0.25) is 0 Å². The van der Waals surface area contributed by atoms with E-state index in [0.29, 0.717) is 25.0 Å². The minimum atomic E-state index is 0.127. The summed E-state index contributed by atoms with van der Waals surface area (Å²) in [4.78, 5) is 16.1. The van der Waals surface area contributed by atoms with Gasteiger partial charge in [-0.05, 0) is 28.5 Å². The Bertz CT molecular complexity index is 638. The van der Waals surface area contributed by atoms with Crippen molar-refractivity contribution in [3.63, 3.8) is 0 Å². The number of para-hydroxylation sites is 1. The number of benzene rings is 1. The summed E-state index contributed by atoms with van der Waals surface area (Å²) in [6.07, 6.45) is 0. The summed E-state index contributed by atoms with van der Waals surface area (Å²) in [6.45, 7) is 6.81. The largest absolute Gasteiger partial charge is 0.339 e. The number of nitrogens with zero attached hydrogens (tertiary/aromatic N) is 6. The number of piperazine rings is 1. The Morgan fingerprint density at radius 3 is 2.64 bits per heavy atom. The van der Waals surface area contributed by atoms with E-state index in [0.717, 1.165) is 18.8 Å². The average molecular weight is 300 g/mol. The molecule has 22 heavy (non-hydrogen) atoms. The van der Waals surface area contributed by atoms with Crippen LogP contribution in [0.1, 0.15) is 13.8 Å². The number of anilines is 1. The van der Waals surface area contributed by atoms with Crippen molar-refractivity contribution < 1.29 is 4.79 Å². The van der Waals surface area contributed by atoms with Gasteiger partial charge in [0.05, 0.1) is 5.69 Å². The summed E-state index contributed by atoms with van der Waals surface area (Å²) in [5, 5.41) is 11.9. The second-order valence-corrected chi connectivity index (χ2v) is 5.88. The number of hydrogen-bond donors (Lipinski definition) is 0. The lowest BCUT2D eigenvalue weighted by Crippen LogP contribution is -2.52. The van der Waals surface area contributed by atoms with Crippen LogP contribution in [0.15, 0.2) is 30.3 Å². The second kappa shape index (κ2) is 6.13. The van der Waals surface area contributed by atoms with Crippen molar-refractivity contribution in [1.29, 1.82) is 0 Å². The molecule has 116 valence electrons. The maximum Gasteiger partial charge on any atom is 0.250 e. The van der Waals surface area contributed by atoms with Crippen LogP contribution in [0, 0.1) is 5.92 Å². The zero-order valence-corrected chi connectivity index (χ0v) is 12.9. The van der Waals surface area contributed by atoms with Gasteiger partial charge in [0.2, 0.25) is 5.91 Å². The smallest absolute Gasteiger partial charge is 0.250 e. The highest BCUT2D eigenvalue weighted by Gasteiger charge is 2.27. The Balaban J connectivity index is 1.77. The van der Waals surface area contributed by atoms with E-state index in [4.69, 9.17) is 0 Å². The minimum absolute atomic E-state index is 0.127. The van der Waals surface area contributed by atoms with Gasteiger partial charge in [0, 0.05) is 19.6 Å². The van der Waals surface area contributed by atoms with Crippen LogP contribution in [0.5, 0.6) is 0 Å². The van der Waals surface area contributed by atoms with E-state index in [1.807, 2.05) is 40.1 Å². The lowest BCUT2D eigenvalue weighted by atomic mass is 10.2. The molecule has 1 fully saturated rings. The lowest BCUT2D eigenvalue weighted by Gasteiger charge is -2.35. The number of tetrazole rings is 1. The number of aromatic nitrogens is 4. The molecule has 0 radical (unpaired) electrons. The fraction of sp³-hybridized carbons (Fsp3) is 0.467. The molecule has 2 heterocycles. The molecule has 1 aromatic heterocycles. The van der Waals surface area contributed by atoms with Gasteiger partial charge in [-0.1, -0.05) is 37.1 Å². The van der Waals surface area contributed by atoms with Crippen LogP contribution in [0.3, 0.4) is 0 Å². The van der Waals surface area contributed by atoms with Crippen molar-refractivity contribution in [2.45, 2.75) is 13.8 Å². The number of rotatable bonds is 4. The van der Waals surface area contributed by atoms with Crippen molar-refractivity contribution in [2.24, 2.45) is 5.92 Å². The van der Waals surface area contributed by atoms with Crippen LogP contribution < -0.4 is 4.90 Å². The summed E-state index contributed by atoms with van der Waals surface area (Å²) in [6, 6.07) is 9.70. The first-order valence-electron chi connectivity index (χ1n) is 7.51. The molecule has 0 aliphatic carbocycles. The van der Waals surface area contributed by atoms with E-state index in [1.54, 1.807) is 4.68 Å². The second-order valence-electron chi connectivity index (χ2n) is 5.88. The predicted molar refractivity (Wildman–Crippen MR) is 82.8 cm³/mol. The van der Waals surface area contributed by atoms with Gasteiger partial charge in [0.1, 0.15) is 6.54 Å². The highest BCUT2D eigenvalue weighted by atomic mass is 16.2. The molecule has 1 aliphatic heterocycles. The van der Waals surface area contributed by atoms with Gasteiger partial charge in [-0.2, -0.15) is 4.68 Å². The first kappa shape index (κ1) is 14.5.